The summed E-state index contributed by atoms with van der Waals surface area (Å²) in [6, 6.07) is 7.84. The first-order valence-electron chi connectivity index (χ1n) is 6.89. The Labute approximate surface area is 137 Å². The van der Waals surface area contributed by atoms with Gasteiger partial charge in [-0.15, -0.1) is 0 Å². The van der Waals surface area contributed by atoms with Crippen molar-refractivity contribution in [2.45, 2.75) is 5.92 Å². The first-order chi connectivity index (χ1) is 10.1. The summed E-state index contributed by atoms with van der Waals surface area (Å²) in [6.07, 6.45) is 3.84. The van der Waals surface area contributed by atoms with Gasteiger partial charge in [-0.2, -0.15) is 5.10 Å². The molecular formula is C15H17IN4O. The van der Waals surface area contributed by atoms with E-state index in [1.807, 2.05) is 43.7 Å². The Balaban J connectivity index is 1.74. The molecule has 2 atom stereocenters. The summed E-state index contributed by atoms with van der Waals surface area (Å²) in [4.78, 5) is 12.5. The van der Waals surface area contributed by atoms with Crippen molar-refractivity contribution in [2.24, 2.45) is 13.0 Å². The van der Waals surface area contributed by atoms with Gasteiger partial charge in [0.05, 0.1) is 12.1 Å². The molecule has 0 spiro atoms. The smallest absolute Gasteiger partial charge is 0.229 e. The molecule has 0 bridgehead atoms. The molecule has 0 radical (unpaired) electrons. The van der Waals surface area contributed by atoms with Crippen LogP contribution in [0.4, 0.5) is 5.69 Å². The topological polar surface area (TPSA) is 59.0 Å². The molecule has 1 aromatic carbocycles. The van der Waals surface area contributed by atoms with Gasteiger partial charge < -0.3 is 10.6 Å². The first kappa shape index (κ1) is 14.5. The fourth-order valence-corrected chi connectivity index (χ4v) is 3.28. The molecular weight excluding hydrogens is 379 g/mol. The van der Waals surface area contributed by atoms with Gasteiger partial charge in [0.25, 0.3) is 0 Å². The summed E-state index contributed by atoms with van der Waals surface area (Å²) in [5.41, 5.74) is 1.97. The maximum absolute atomic E-state index is 12.5. The fourth-order valence-electron chi connectivity index (χ4n) is 2.74. The minimum Gasteiger partial charge on any atom is -0.326 e. The van der Waals surface area contributed by atoms with E-state index in [1.54, 1.807) is 4.68 Å². The van der Waals surface area contributed by atoms with Gasteiger partial charge in [-0.05, 0) is 46.4 Å². The van der Waals surface area contributed by atoms with Gasteiger partial charge in [-0.1, -0.05) is 6.07 Å². The lowest BCUT2D eigenvalue weighted by atomic mass is 9.90. The van der Waals surface area contributed by atoms with E-state index < -0.39 is 0 Å². The summed E-state index contributed by atoms with van der Waals surface area (Å²) < 4.78 is 2.89. The number of hydrogen-bond acceptors (Lipinski definition) is 3. The minimum atomic E-state index is -0.0629. The van der Waals surface area contributed by atoms with Crippen LogP contribution in [-0.2, 0) is 11.8 Å². The van der Waals surface area contributed by atoms with Crippen molar-refractivity contribution in [3.8, 4) is 0 Å². The van der Waals surface area contributed by atoms with Crippen LogP contribution in [0.3, 0.4) is 0 Å². The zero-order valence-corrected chi connectivity index (χ0v) is 13.9. The van der Waals surface area contributed by atoms with Crippen molar-refractivity contribution in [2.75, 3.05) is 18.4 Å². The van der Waals surface area contributed by atoms with Crippen LogP contribution in [0.5, 0.6) is 0 Å². The van der Waals surface area contributed by atoms with E-state index in [1.165, 1.54) is 0 Å². The molecule has 2 aromatic rings. The van der Waals surface area contributed by atoms with Gasteiger partial charge in [-0.25, -0.2) is 0 Å². The molecule has 110 valence electrons. The van der Waals surface area contributed by atoms with E-state index in [-0.39, 0.29) is 17.7 Å². The number of benzene rings is 1. The number of aromatic nitrogens is 2. The quantitative estimate of drug-likeness (QED) is 0.781. The van der Waals surface area contributed by atoms with E-state index in [4.69, 9.17) is 0 Å². The number of carbonyl (C=O) groups is 1. The molecule has 2 N–H and O–H groups in total. The Morgan fingerprint density at radius 3 is 3.05 bits per heavy atom. The third-order valence-corrected chi connectivity index (χ3v) is 4.47. The first-order valence-corrected chi connectivity index (χ1v) is 7.97. The standard InChI is InChI=1S/C15H17IN4O/c1-20-9-10(6-18-20)13-7-17-8-14(13)15(21)19-12-4-2-3-11(16)5-12/h2-6,9,13-14,17H,7-8H2,1H3,(H,19,21)/t13-,14+/m1/s1. The SMILES string of the molecule is Cn1cc([C@H]2CNC[C@@H]2C(=O)Nc2cccc(I)c2)cn1. The number of nitrogens with one attached hydrogen (secondary N) is 2. The number of rotatable bonds is 3. The molecule has 21 heavy (non-hydrogen) atoms. The van der Waals surface area contributed by atoms with E-state index in [0.717, 1.165) is 21.4 Å². The highest BCUT2D eigenvalue weighted by molar-refractivity contribution is 14.1. The molecule has 5 nitrogen and oxygen atoms in total. The van der Waals surface area contributed by atoms with E-state index in [0.29, 0.717) is 6.54 Å². The van der Waals surface area contributed by atoms with Crippen LogP contribution in [0.25, 0.3) is 0 Å². The highest BCUT2D eigenvalue weighted by Crippen LogP contribution is 2.29. The average Bonchev–Trinajstić information content (AvgIpc) is 3.06. The third-order valence-electron chi connectivity index (χ3n) is 3.80. The van der Waals surface area contributed by atoms with Crippen LogP contribution in [-0.4, -0.2) is 28.8 Å². The Morgan fingerprint density at radius 2 is 2.33 bits per heavy atom. The van der Waals surface area contributed by atoms with Crippen LogP contribution < -0.4 is 10.6 Å². The van der Waals surface area contributed by atoms with Gasteiger partial charge >= 0.3 is 0 Å². The lowest BCUT2D eigenvalue weighted by Gasteiger charge is -2.17. The van der Waals surface area contributed by atoms with Gasteiger partial charge in [0.15, 0.2) is 0 Å². The summed E-state index contributed by atoms with van der Waals surface area (Å²) in [7, 11) is 1.90. The summed E-state index contributed by atoms with van der Waals surface area (Å²) in [5, 5.41) is 10.5. The zero-order chi connectivity index (χ0) is 14.8. The second-order valence-corrected chi connectivity index (χ2v) is 6.56. The van der Waals surface area contributed by atoms with Gasteiger partial charge in [0.1, 0.15) is 0 Å². The molecule has 1 aromatic heterocycles. The zero-order valence-electron chi connectivity index (χ0n) is 11.7. The number of carbonyl (C=O) groups excluding carboxylic acids is 1. The van der Waals surface area contributed by atoms with Crippen molar-refractivity contribution < 1.29 is 4.79 Å². The van der Waals surface area contributed by atoms with Crippen LogP contribution >= 0.6 is 22.6 Å². The molecule has 6 heteroatoms. The maximum atomic E-state index is 12.5. The molecule has 1 aliphatic rings. The monoisotopic (exact) mass is 396 g/mol. The highest BCUT2D eigenvalue weighted by atomic mass is 127. The molecule has 1 amide bonds. The number of halogens is 1. The lowest BCUT2D eigenvalue weighted by Crippen LogP contribution is -2.28. The van der Waals surface area contributed by atoms with Crippen LogP contribution in [0.15, 0.2) is 36.7 Å². The van der Waals surface area contributed by atoms with Crippen molar-refractivity contribution in [3.63, 3.8) is 0 Å². The highest BCUT2D eigenvalue weighted by Gasteiger charge is 2.34. The number of nitrogens with zero attached hydrogens (tertiary/aromatic N) is 2. The molecule has 0 unspecified atom stereocenters. The maximum Gasteiger partial charge on any atom is 0.229 e. The van der Waals surface area contributed by atoms with Crippen LogP contribution in [0, 0.1) is 9.49 Å². The van der Waals surface area contributed by atoms with Crippen molar-refractivity contribution in [3.05, 3.63) is 45.8 Å². The van der Waals surface area contributed by atoms with E-state index in [2.05, 4.69) is 38.3 Å². The summed E-state index contributed by atoms with van der Waals surface area (Å²) >= 11 is 2.24. The van der Waals surface area contributed by atoms with Gasteiger partial charge in [-0.3, -0.25) is 9.48 Å². The molecule has 3 rings (SSSR count). The fraction of sp³-hybridized carbons (Fsp3) is 0.333. The Hall–Kier alpha value is -1.41. The Kier molecular flexibility index (Phi) is 4.25. The van der Waals surface area contributed by atoms with Crippen molar-refractivity contribution in [1.82, 2.24) is 15.1 Å². The van der Waals surface area contributed by atoms with Gasteiger partial charge in [0, 0.05) is 41.5 Å². The van der Waals surface area contributed by atoms with E-state index in [9.17, 15) is 4.79 Å². The summed E-state index contributed by atoms with van der Waals surface area (Å²) in [5.74, 6) is 0.185. The van der Waals surface area contributed by atoms with E-state index >= 15 is 0 Å². The van der Waals surface area contributed by atoms with Crippen LogP contribution in [0.2, 0.25) is 0 Å². The van der Waals surface area contributed by atoms with Crippen LogP contribution in [0.1, 0.15) is 11.5 Å². The second-order valence-electron chi connectivity index (χ2n) is 5.32. The number of hydrogen-bond donors (Lipinski definition) is 2. The molecule has 0 saturated carbocycles. The molecule has 0 aliphatic carbocycles. The predicted octanol–water partition coefficient (Wildman–Crippen LogP) is 1.97. The minimum absolute atomic E-state index is 0.0629. The normalized spacial score (nSPS) is 21.4. The molecule has 1 fully saturated rings. The Morgan fingerprint density at radius 1 is 1.48 bits per heavy atom. The molecule has 2 heterocycles. The predicted molar refractivity (Wildman–Crippen MR) is 90.1 cm³/mol. The number of amides is 1. The molecule has 1 aliphatic heterocycles. The third kappa shape index (κ3) is 3.26. The Bertz CT molecular complexity index is 655. The second kappa shape index (κ2) is 6.15. The lowest BCUT2D eigenvalue weighted by molar-refractivity contribution is -0.119. The van der Waals surface area contributed by atoms with Gasteiger partial charge in [0.2, 0.25) is 5.91 Å². The number of aryl methyl sites for hydroxylation is 1. The van der Waals surface area contributed by atoms with Crippen molar-refractivity contribution >= 4 is 34.2 Å². The largest absolute Gasteiger partial charge is 0.326 e. The summed E-state index contributed by atoms with van der Waals surface area (Å²) in [6.45, 7) is 1.52. The average molecular weight is 396 g/mol. The number of anilines is 1. The molecule has 1 saturated heterocycles. The van der Waals surface area contributed by atoms with Crippen molar-refractivity contribution in [1.29, 1.82) is 0 Å².